The van der Waals surface area contributed by atoms with E-state index in [1.165, 1.54) is 25.1 Å². The molecule has 0 saturated carbocycles. The number of hydrogen-bond donors (Lipinski definition) is 3. The summed E-state index contributed by atoms with van der Waals surface area (Å²) >= 11 is 0. The molecule has 2 aromatic carbocycles. The van der Waals surface area contributed by atoms with Crippen LogP contribution in [0.5, 0.6) is 0 Å². The number of nitrogens with one attached hydrogen (secondary N) is 2. The lowest BCUT2D eigenvalue weighted by Crippen LogP contribution is -2.53. The van der Waals surface area contributed by atoms with Gasteiger partial charge in [-0.25, -0.2) is 4.39 Å². The van der Waals surface area contributed by atoms with Crippen LogP contribution in [0.15, 0.2) is 59.5 Å². The molecule has 2 aromatic rings. The average molecular weight is 434 g/mol. The first kappa shape index (κ1) is 23.2. The molecule has 0 spiro atoms. The second kappa shape index (κ2) is 11.2. The first-order valence-corrected chi connectivity index (χ1v) is 10.6. The van der Waals surface area contributed by atoms with Crippen molar-refractivity contribution in [2.75, 3.05) is 5.75 Å². The van der Waals surface area contributed by atoms with Gasteiger partial charge in [-0.3, -0.25) is 18.6 Å². The molecule has 3 amide bonds. The van der Waals surface area contributed by atoms with E-state index in [2.05, 4.69) is 10.6 Å². The van der Waals surface area contributed by atoms with Gasteiger partial charge in [0.15, 0.2) is 0 Å². The van der Waals surface area contributed by atoms with Crippen molar-refractivity contribution in [3.8, 4) is 0 Å². The second-order valence-corrected chi connectivity index (χ2v) is 8.27. The number of nitrogens with two attached hydrogens (primary N) is 1. The highest BCUT2D eigenvalue weighted by Gasteiger charge is 2.26. The van der Waals surface area contributed by atoms with Crippen LogP contribution in [0.2, 0.25) is 0 Å². The molecule has 4 N–H and O–H groups in total. The smallest absolute Gasteiger partial charge is 0.243 e. The summed E-state index contributed by atoms with van der Waals surface area (Å²) < 4.78 is 25.8. The predicted octanol–water partition coefficient (Wildman–Crippen LogP) is 1.04. The van der Waals surface area contributed by atoms with E-state index >= 15 is 0 Å². The predicted molar refractivity (Wildman–Crippen MR) is 111 cm³/mol. The highest BCUT2D eigenvalue weighted by molar-refractivity contribution is 7.85. The third-order valence-electron chi connectivity index (χ3n) is 4.28. The largest absolute Gasteiger partial charge is 0.368 e. The number of amides is 3. The molecule has 0 unspecified atom stereocenters. The average Bonchev–Trinajstić information content (AvgIpc) is 2.70. The maximum Gasteiger partial charge on any atom is 0.243 e. The minimum atomic E-state index is -1.36. The fourth-order valence-electron chi connectivity index (χ4n) is 2.83. The topological polar surface area (TPSA) is 118 Å². The van der Waals surface area contributed by atoms with E-state index in [1.54, 1.807) is 36.4 Å². The van der Waals surface area contributed by atoms with Crippen LogP contribution in [0, 0.1) is 5.82 Å². The van der Waals surface area contributed by atoms with Crippen molar-refractivity contribution in [1.82, 2.24) is 10.6 Å². The Morgan fingerprint density at radius 3 is 2.33 bits per heavy atom. The second-order valence-electron chi connectivity index (χ2n) is 6.70. The lowest BCUT2D eigenvalue weighted by Gasteiger charge is -2.21. The lowest BCUT2D eigenvalue weighted by atomic mass is 10.0. The molecule has 9 heteroatoms. The molecule has 2 rings (SSSR count). The van der Waals surface area contributed by atoms with E-state index < -0.39 is 46.4 Å². The number of carbonyl (C=O) groups is 3. The molecular weight excluding hydrogens is 409 g/mol. The van der Waals surface area contributed by atoms with Gasteiger partial charge in [-0.05, 0) is 36.2 Å². The van der Waals surface area contributed by atoms with Gasteiger partial charge < -0.3 is 16.4 Å². The minimum absolute atomic E-state index is 0.0323. The van der Waals surface area contributed by atoms with E-state index in [-0.39, 0.29) is 18.6 Å². The lowest BCUT2D eigenvalue weighted by molar-refractivity contribution is -0.130. The van der Waals surface area contributed by atoms with Gasteiger partial charge in [-0.2, -0.15) is 0 Å². The van der Waals surface area contributed by atoms with Crippen molar-refractivity contribution in [3.63, 3.8) is 0 Å². The van der Waals surface area contributed by atoms with Gasteiger partial charge in [0.05, 0.1) is 10.8 Å². The molecule has 0 fully saturated rings. The highest BCUT2D eigenvalue weighted by Crippen LogP contribution is 2.10. The van der Waals surface area contributed by atoms with E-state index in [0.29, 0.717) is 10.5 Å². The molecule has 0 aliphatic rings. The third-order valence-corrected chi connectivity index (χ3v) is 5.69. The number of primary amides is 1. The van der Waals surface area contributed by atoms with Crippen molar-refractivity contribution in [1.29, 1.82) is 0 Å². The van der Waals surface area contributed by atoms with Crippen LogP contribution in [-0.4, -0.2) is 39.8 Å². The van der Waals surface area contributed by atoms with Crippen LogP contribution in [0.25, 0.3) is 0 Å². The van der Waals surface area contributed by atoms with Crippen LogP contribution in [-0.2, 0) is 31.6 Å². The first-order valence-electron chi connectivity index (χ1n) is 9.31. The third kappa shape index (κ3) is 7.40. The molecule has 0 heterocycles. The molecule has 0 aliphatic carbocycles. The highest BCUT2D eigenvalue weighted by atomic mass is 32.2. The molecule has 0 bridgehead atoms. The zero-order valence-electron chi connectivity index (χ0n) is 16.5. The van der Waals surface area contributed by atoms with Crippen LogP contribution >= 0.6 is 0 Å². The Balaban J connectivity index is 2.04. The van der Waals surface area contributed by atoms with E-state index in [9.17, 15) is 23.0 Å². The summed E-state index contributed by atoms with van der Waals surface area (Å²) in [4.78, 5) is 36.6. The Hall–Kier alpha value is -3.07. The molecule has 30 heavy (non-hydrogen) atoms. The summed E-state index contributed by atoms with van der Waals surface area (Å²) in [6.45, 7) is 1.25. The van der Waals surface area contributed by atoms with Crippen molar-refractivity contribution >= 4 is 28.5 Å². The molecule has 7 nitrogen and oxygen atoms in total. The van der Waals surface area contributed by atoms with Crippen molar-refractivity contribution < 1.29 is 23.0 Å². The summed E-state index contributed by atoms with van der Waals surface area (Å²) in [5, 5.41) is 5.00. The summed E-state index contributed by atoms with van der Waals surface area (Å²) in [7, 11) is -1.36. The van der Waals surface area contributed by atoms with Gasteiger partial charge in [0.2, 0.25) is 17.7 Å². The van der Waals surface area contributed by atoms with Crippen LogP contribution in [0.1, 0.15) is 18.9 Å². The van der Waals surface area contributed by atoms with Gasteiger partial charge >= 0.3 is 0 Å². The van der Waals surface area contributed by atoms with Crippen LogP contribution in [0.4, 0.5) is 4.39 Å². The fourth-order valence-corrected chi connectivity index (χ4v) is 3.97. The molecule has 160 valence electrons. The van der Waals surface area contributed by atoms with Crippen LogP contribution in [0.3, 0.4) is 0 Å². The van der Waals surface area contributed by atoms with Gasteiger partial charge in [0.1, 0.15) is 17.9 Å². The van der Waals surface area contributed by atoms with Crippen molar-refractivity contribution in [2.45, 2.75) is 36.7 Å². The number of benzene rings is 2. The fraction of sp³-hybridized carbons (Fsp3) is 0.286. The molecule has 3 atom stereocenters. The summed E-state index contributed by atoms with van der Waals surface area (Å²) in [5.41, 5.74) is 5.90. The zero-order chi connectivity index (χ0) is 22.1. The number of hydrogen-bond acceptors (Lipinski definition) is 4. The van der Waals surface area contributed by atoms with Gasteiger partial charge in [0, 0.05) is 24.0 Å². The Bertz CT molecular complexity index is 923. The Morgan fingerprint density at radius 2 is 1.73 bits per heavy atom. The van der Waals surface area contributed by atoms with Crippen molar-refractivity contribution in [2.24, 2.45) is 5.73 Å². The van der Waals surface area contributed by atoms with E-state index in [4.69, 9.17) is 5.73 Å². The Labute approximate surface area is 176 Å². The van der Waals surface area contributed by atoms with Crippen LogP contribution < -0.4 is 16.4 Å². The molecule has 0 aromatic heterocycles. The standard InChI is InChI=1S/C21H24FN3O4S/c1-14(26)24-19(13-15-6-5-7-16(22)12-15)21(28)25-18(20(23)27)10-11-30(29)17-8-3-2-4-9-17/h2-9,12,18-19H,10-11,13H2,1H3,(H2,23,27)(H,24,26)(H,25,28)/t18-,19-,30+/m0/s1. The number of rotatable bonds is 10. The monoisotopic (exact) mass is 433 g/mol. The molecule has 0 aliphatic heterocycles. The maximum atomic E-state index is 13.4. The van der Waals surface area contributed by atoms with Gasteiger partial charge in [-0.15, -0.1) is 0 Å². The summed E-state index contributed by atoms with van der Waals surface area (Å²) in [5.74, 6) is -2.21. The van der Waals surface area contributed by atoms with E-state index in [0.717, 1.165) is 0 Å². The summed E-state index contributed by atoms with van der Waals surface area (Å²) in [6, 6.07) is 12.3. The Morgan fingerprint density at radius 1 is 1.03 bits per heavy atom. The zero-order valence-corrected chi connectivity index (χ0v) is 17.3. The Kier molecular flexibility index (Phi) is 8.67. The number of halogens is 1. The van der Waals surface area contributed by atoms with E-state index in [1.807, 2.05) is 0 Å². The van der Waals surface area contributed by atoms with Crippen molar-refractivity contribution in [3.05, 3.63) is 66.0 Å². The van der Waals surface area contributed by atoms with Gasteiger partial charge in [0.25, 0.3) is 0 Å². The first-order chi connectivity index (χ1) is 14.3. The SMILES string of the molecule is CC(=O)N[C@@H](Cc1cccc(F)c1)C(=O)N[C@@H](CC[S@@](=O)c1ccccc1)C(N)=O. The minimum Gasteiger partial charge on any atom is -0.368 e. The molecular formula is C21H24FN3O4S. The molecule has 0 saturated heterocycles. The molecule has 0 radical (unpaired) electrons. The maximum absolute atomic E-state index is 13.4. The number of carbonyl (C=O) groups excluding carboxylic acids is 3. The normalized spacial score (nSPS) is 13.7. The summed E-state index contributed by atoms with van der Waals surface area (Å²) in [6.07, 6.45) is 0.0972. The quantitative estimate of drug-likeness (QED) is 0.519. The van der Waals surface area contributed by atoms with Gasteiger partial charge in [-0.1, -0.05) is 30.3 Å².